The molecule has 0 saturated carbocycles. The van der Waals surface area contributed by atoms with E-state index < -0.39 is 0 Å². The highest BCUT2D eigenvalue weighted by Crippen LogP contribution is 2.43. The summed E-state index contributed by atoms with van der Waals surface area (Å²) in [7, 11) is 0. The van der Waals surface area contributed by atoms with Crippen LogP contribution in [0.3, 0.4) is 0 Å². The Morgan fingerprint density at radius 2 is 0.679 bits per heavy atom. The molecule has 0 N–H and O–H groups in total. The van der Waals surface area contributed by atoms with Gasteiger partial charge in [0.15, 0.2) is 0 Å². The summed E-state index contributed by atoms with van der Waals surface area (Å²) in [6, 6.07) is 67.0. The lowest BCUT2D eigenvalue weighted by molar-refractivity contribution is 0.670. The highest BCUT2D eigenvalue weighted by atomic mass is 16.3. The molecule has 0 spiro atoms. The van der Waals surface area contributed by atoms with Crippen LogP contribution in [0.5, 0.6) is 0 Å². The van der Waals surface area contributed by atoms with Crippen molar-refractivity contribution in [3.05, 3.63) is 182 Å². The molecule has 0 aliphatic carbocycles. The number of benzene rings is 11. The summed E-state index contributed by atoms with van der Waals surface area (Å²) in [4.78, 5) is 0. The van der Waals surface area contributed by atoms with Crippen molar-refractivity contribution in [3.8, 4) is 22.3 Å². The third kappa shape index (κ3) is 4.25. The van der Waals surface area contributed by atoms with Gasteiger partial charge in [-0.3, -0.25) is 0 Å². The smallest absolute Gasteiger partial charge is 0.136 e. The normalized spacial score (nSPS) is 12.2. The highest BCUT2D eigenvalue weighted by molar-refractivity contribution is 6.30. The molecule has 0 aliphatic heterocycles. The first kappa shape index (κ1) is 28.7. The fraction of sp³-hybridized carbons (Fsp3) is 0. The third-order valence-electron chi connectivity index (χ3n) is 11.6. The van der Waals surface area contributed by atoms with Crippen LogP contribution in [0, 0.1) is 0 Å². The Balaban J connectivity index is 0.983. The van der Waals surface area contributed by atoms with Gasteiger partial charge in [0.1, 0.15) is 11.2 Å². The highest BCUT2D eigenvalue weighted by Gasteiger charge is 2.16. The Bertz CT molecular complexity index is 3510. The number of fused-ring (bicyclic) bond motifs is 15. The van der Waals surface area contributed by atoms with Crippen molar-refractivity contribution in [1.29, 1.82) is 0 Å². The maximum atomic E-state index is 6.53. The lowest BCUT2D eigenvalue weighted by Gasteiger charge is -2.13. The molecule has 244 valence electrons. The van der Waals surface area contributed by atoms with Gasteiger partial charge in [-0.2, -0.15) is 0 Å². The van der Waals surface area contributed by atoms with Crippen LogP contribution in [0.2, 0.25) is 0 Å². The first-order chi connectivity index (χ1) is 26.2. The predicted molar refractivity (Wildman–Crippen MR) is 227 cm³/mol. The molecule has 11 aromatic carbocycles. The van der Waals surface area contributed by atoms with E-state index in [0.717, 1.165) is 11.2 Å². The first-order valence-corrected chi connectivity index (χ1v) is 18.3. The van der Waals surface area contributed by atoms with E-state index in [4.69, 9.17) is 4.42 Å². The van der Waals surface area contributed by atoms with Crippen LogP contribution in [0.15, 0.2) is 186 Å². The molecule has 0 unspecified atom stereocenters. The molecule has 0 aliphatic rings. The van der Waals surface area contributed by atoms with E-state index >= 15 is 0 Å². The summed E-state index contributed by atoms with van der Waals surface area (Å²) in [6.07, 6.45) is 0. The second-order valence-corrected chi connectivity index (χ2v) is 14.5. The van der Waals surface area contributed by atoms with Crippen molar-refractivity contribution in [2.24, 2.45) is 0 Å². The van der Waals surface area contributed by atoms with E-state index in [1.165, 1.54) is 108 Å². The molecular formula is C52H30O. The van der Waals surface area contributed by atoms with Gasteiger partial charge < -0.3 is 4.42 Å². The molecule has 1 nitrogen and oxygen atoms in total. The van der Waals surface area contributed by atoms with Gasteiger partial charge >= 0.3 is 0 Å². The van der Waals surface area contributed by atoms with Crippen molar-refractivity contribution in [1.82, 2.24) is 0 Å². The van der Waals surface area contributed by atoms with E-state index in [0.29, 0.717) is 0 Å². The quantitative estimate of drug-likeness (QED) is 0.167. The molecule has 0 amide bonds. The zero-order valence-corrected chi connectivity index (χ0v) is 28.7. The van der Waals surface area contributed by atoms with E-state index in [1.54, 1.807) is 0 Å². The number of furan rings is 1. The van der Waals surface area contributed by atoms with Crippen LogP contribution in [0.4, 0.5) is 0 Å². The van der Waals surface area contributed by atoms with Crippen LogP contribution in [-0.2, 0) is 0 Å². The molecular weight excluding hydrogens is 641 g/mol. The van der Waals surface area contributed by atoms with Crippen molar-refractivity contribution < 1.29 is 4.42 Å². The Morgan fingerprint density at radius 1 is 0.226 bits per heavy atom. The lowest BCUT2D eigenvalue weighted by Crippen LogP contribution is -1.86. The largest absolute Gasteiger partial charge is 0.456 e. The van der Waals surface area contributed by atoms with Gasteiger partial charge in [-0.05, 0) is 140 Å². The summed E-state index contributed by atoms with van der Waals surface area (Å²) >= 11 is 0. The Morgan fingerprint density at radius 3 is 1.42 bits per heavy atom. The van der Waals surface area contributed by atoms with Gasteiger partial charge in [-0.1, -0.05) is 140 Å². The van der Waals surface area contributed by atoms with E-state index in [1.807, 2.05) is 0 Å². The van der Waals surface area contributed by atoms with Crippen LogP contribution in [0.25, 0.3) is 120 Å². The molecule has 53 heavy (non-hydrogen) atoms. The van der Waals surface area contributed by atoms with Crippen LogP contribution in [-0.4, -0.2) is 0 Å². The molecule has 1 aromatic heterocycles. The summed E-state index contributed by atoms with van der Waals surface area (Å²) in [5.41, 5.74) is 6.76. The minimum Gasteiger partial charge on any atom is -0.456 e. The fourth-order valence-electron chi connectivity index (χ4n) is 8.97. The minimum absolute atomic E-state index is 0.926. The summed E-state index contributed by atoms with van der Waals surface area (Å²) < 4.78 is 6.53. The second kappa shape index (κ2) is 10.8. The molecule has 12 aromatic rings. The molecule has 1 heteroatoms. The number of rotatable bonds is 2. The fourth-order valence-corrected chi connectivity index (χ4v) is 8.97. The van der Waals surface area contributed by atoms with Crippen molar-refractivity contribution in [2.75, 3.05) is 0 Å². The SMILES string of the molecule is c1ccc2c(c1)ccc1cc(-c3ccc4cc(-c5ccc6c(c5)c5ccccc5c5cc7c(cc65)oc5ccc6ccccc6c57)ccc4c3)ccc12. The maximum Gasteiger partial charge on any atom is 0.136 e. The van der Waals surface area contributed by atoms with Gasteiger partial charge in [0, 0.05) is 10.8 Å². The Hall–Kier alpha value is -6.96. The average molecular weight is 671 g/mol. The van der Waals surface area contributed by atoms with Crippen LogP contribution < -0.4 is 0 Å². The zero-order valence-electron chi connectivity index (χ0n) is 28.7. The third-order valence-corrected chi connectivity index (χ3v) is 11.6. The van der Waals surface area contributed by atoms with Crippen molar-refractivity contribution in [3.63, 3.8) is 0 Å². The van der Waals surface area contributed by atoms with E-state index in [9.17, 15) is 0 Å². The van der Waals surface area contributed by atoms with Gasteiger partial charge in [0.05, 0.1) is 0 Å². The van der Waals surface area contributed by atoms with Crippen LogP contribution in [0.1, 0.15) is 0 Å². The average Bonchev–Trinajstić information content (AvgIpc) is 3.60. The molecule has 0 atom stereocenters. The predicted octanol–water partition coefficient (Wildman–Crippen LogP) is 15.0. The Labute approximate surface area is 304 Å². The second-order valence-electron chi connectivity index (χ2n) is 14.5. The first-order valence-electron chi connectivity index (χ1n) is 18.3. The maximum absolute atomic E-state index is 6.53. The summed E-state index contributed by atoms with van der Waals surface area (Å²) in [5.74, 6) is 0. The minimum atomic E-state index is 0.926. The number of hydrogen-bond acceptors (Lipinski definition) is 1. The molecule has 0 radical (unpaired) electrons. The van der Waals surface area contributed by atoms with Crippen LogP contribution >= 0.6 is 0 Å². The molecule has 1 heterocycles. The molecule has 0 fully saturated rings. The lowest BCUT2D eigenvalue weighted by atomic mass is 9.90. The molecule has 12 rings (SSSR count). The van der Waals surface area contributed by atoms with Gasteiger partial charge in [-0.25, -0.2) is 0 Å². The zero-order chi connectivity index (χ0) is 34.6. The Kier molecular flexibility index (Phi) is 5.84. The summed E-state index contributed by atoms with van der Waals surface area (Å²) in [6.45, 7) is 0. The summed E-state index contributed by atoms with van der Waals surface area (Å²) in [5, 5.41) is 19.9. The number of hydrogen-bond donors (Lipinski definition) is 0. The standard InChI is InChI=1S/C52H30O/c1-3-9-40-31(7-1)13-18-39-27-37(19-22-41(39)40)35-15-14-34-26-36(17-16-33(34)25-35)38-20-23-45-46(28-38)43-11-5-6-12-44(43)47-29-49-51(30-48(45)47)53-50-24-21-32-8-2-4-10-42(32)52(49)50/h1-30H. The topological polar surface area (TPSA) is 13.1 Å². The monoisotopic (exact) mass is 670 g/mol. The van der Waals surface area contributed by atoms with E-state index in [-0.39, 0.29) is 0 Å². The van der Waals surface area contributed by atoms with Gasteiger partial charge in [0.25, 0.3) is 0 Å². The van der Waals surface area contributed by atoms with Gasteiger partial charge in [-0.15, -0.1) is 0 Å². The molecule has 0 saturated heterocycles. The van der Waals surface area contributed by atoms with E-state index in [2.05, 4.69) is 182 Å². The molecule has 0 bridgehead atoms. The van der Waals surface area contributed by atoms with Crippen molar-refractivity contribution in [2.45, 2.75) is 0 Å². The van der Waals surface area contributed by atoms with Crippen molar-refractivity contribution >= 4 is 97.3 Å². The van der Waals surface area contributed by atoms with Gasteiger partial charge in [0.2, 0.25) is 0 Å².